The summed E-state index contributed by atoms with van der Waals surface area (Å²) in [7, 11) is 0. The van der Waals surface area contributed by atoms with Crippen molar-refractivity contribution in [2.24, 2.45) is 0 Å². The third-order valence-electron chi connectivity index (χ3n) is 3.38. The number of aryl methyl sites for hydroxylation is 1. The Kier molecular flexibility index (Phi) is 4.18. The Balaban J connectivity index is 1.63. The molecule has 1 N–H and O–H groups in total. The summed E-state index contributed by atoms with van der Waals surface area (Å²) in [5.74, 6) is 1.66. The molecule has 0 radical (unpaired) electrons. The van der Waals surface area contributed by atoms with Gasteiger partial charge in [-0.3, -0.25) is 0 Å². The Bertz CT molecular complexity index is 752. The summed E-state index contributed by atoms with van der Waals surface area (Å²) in [6, 6.07) is 8.14. The van der Waals surface area contributed by atoms with Crippen LogP contribution >= 0.6 is 0 Å². The Hall–Kier alpha value is -2.63. The SMILES string of the molecule is CCOc1ccc(CCNc2ncnc3onc(C)c23)cc1. The van der Waals surface area contributed by atoms with Gasteiger partial charge in [0.15, 0.2) is 0 Å². The lowest BCUT2D eigenvalue weighted by Crippen LogP contribution is -2.07. The molecule has 2 aromatic heterocycles. The highest BCUT2D eigenvalue weighted by atomic mass is 16.5. The molecule has 0 amide bonds. The zero-order valence-corrected chi connectivity index (χ0v) is 12.7. The zero-order valence-electron chi connectivity index (χ0n) is 12.7. The number of benzene rings is 1. The van der Waals surface area contributed by atoms with E-state index in [-0.39, 0.29) is 0 Å². The second-order valence-electron chi connectivity index (χ2n) is 4.92. The molecule has 0 bridgehead atoms. The van der Waals surface area contributed by atoms with Gasteiger partial charge in [0.25, 0.3) is 5.71 Å². The smallest absolute Gasteiger partial charge is 0.263 e. The molecule has 3 aromatic rings. The van der Waals surface area contributed by atoms with Gasteiger partial charge in [-0.1, -0.05) is 17.3 Å². The number of rotatable bonds is 6. The first-order chi connectivity index (χ1) is 10.8. The molecule has 0 aliphatic heterocycles. The fourth-order valence-corrected chi connectivity index (χ4v) is 2.30. The van der Waals surface area contributed by atoms with Crippen LogP contribution in [0.2, 0.25) is 0 Å². The molecule has 6 heteroatoms. The quantitative estimate of drug-likeness (QED) is 0.754. The van der Waals surface area contributed by atoms with E-state index in [4.69, 9.17) is 9.26 Å². The van der Waals surface area contributed by atoms with Crippen LogP contribution in [0.15, 0.2) is 35.1 Å². The minimum Gasteiger partial charge on any atom is -0.494 e. The average Bonchev–Trinajstić information content (AvgIpc) is 2.92. The number of hydrogen-bond acceptors (Lipinski definition) is 6. The predicted octanol–water partition coefficient (Wildman–Crippen LogP) is 2.98. The van der Waals surface area contributed by atoms with Crippen LogP contribution in [0.3, 0.4) is 0 Å². The van der Waals surface area contributed by atoms with Gasteiger partial charge in [-0.2, -0.15) is 4.98 Å². The van der Waals surface area contributed by atoms with Crippen LogP contribution in [0, 0.1) is 6.92 Å². The third kappa shape index (κ3) is 3.00. The second kappa shape index (κ2) is 6.43. The van der Waals surface area contributed by atoms with Gasteiger partial charge in [-0.25, -0.2) is 4.98 Å². The normalized spacial score (nSPS) is 10.8. The summed E-state index contributed by atoms with van der Waals surface area (Å²) in [5, 5.41) is 8.08. The van der Waals surface area contributed by atoms with Gasteiger partial charge >= 0.3 is 0 Å². The Morgan fingerprint density at radius 2 is 2.00 bits per heavy atom. The van der Waals surface area contributed by atoms with E-state index in [2.05, 4.69) is 32.6 Å². The predicted molar refractivity (Wildman–Crippen MR) is 84.1 cm³/mol. The van der Waals surface area contributed by atoms with Crippen molar-refractivity contribution in [1.82, 2.24) is 15.1 Å². The topological polar surface area (TPSA) is 73.1 Å². The van der Waals surface area contributed by atoms with E-state index >= 15 is 0 Å². The van der Waals surface area contributed by atoms with Gasteiger partial charge in [-0.05, 0) is 38.0 Å². The number of nitrogens with one attached hydrogen (secondary N) is 1. The first kappa shape index (κ1) is 14.3. The van der Waals surface area contributed by atoms with Crippen LogP contribution in [0.4, 0.5) is 5.82 Å². The molecule has 6 nitrogen and oxygen atoms in total. The highest BCUT2D eigenvalue weighted by molar-refractivity contribution is 5.87. The maximum atomic E-state index is 5.44. The number of ether oxygens (including phenoxy) is 1. The number of nitrogens with zero attached hydrogens (tertiary/aromatic N) is 3. The molecule has 22 heavy (non-hydrogen) atoms. The first-order valence-corrected chi connectivity index (χ1v) is 7.30. The molecule has 0 unspecified atom stereocenters. The zero-order chi connectivity index (χ0) is 15.4. The molecule has 1 aromatic carbocycles. The van der Waals surface area contributed by atoms with Crippen LogP contribution in [0.25, 0.3) is 11.1 Å². The van der Waals surface area contributed by atoms with Crippen LogP contribution in [0.5, 0.6) is 5.75 Å². The van der Waals surface area contributed by atoms with Crippen molar-refractivity contribution in [3.05, 3.63) is 41.9 Å². The van der Waals surface area contributed by atoms with Crippen molar-refractivity contribution < 1.29 is 9.26 Å². The Morgan fingerprint density at radius 3 is 2.77 bits per heavy atom. The maximum Gasteiger partial charge on any atom is 0.263 e. The largest absolute Gasteiger partial charge is 0.494 e. The highest BCUT2D eigenvalue weighted by Gasteiger charge is 2.11. The minimum absolute atomic E-state index is 0.510. The summed E-state index contributed by atoms with van der Waals surface area (Å²) >= 11 is 0. The van der Waals surface area contributed by atoms with E-state index < -0.39 is 0 Å². The van der Waals surface area contributed by atoms with E-state index in [1.807, 2.05) is 26.0 Å². The molecular weight excluding hydrogens is 280 g/mol. The van der Waals surface area contributed by atoms with Gasteiger partial charge in [0.2, 0.25) is 0 Å². The van der Waals surface area contributed by atoms with Crippen molar-refractivity contribution >= 4 is 16.9 Å². The fourth-order valence-electron chi connectivity index (χ4n) is 2.30. The van der Waals surface area contributed by atoms with Crippen molar-refractivity contribution in [1.29, 1.82) is 0 Å². The van der Waals surface area contributed by atoms with Gasteiger partial charge in [0.1, 0.15) is 23.3 Å². The molecule has 114 valence electrons. The standard InChI is InChI=1S/C16H18N4O2/c1-3-21-13-6-4-12(5-7-13)8-9-17-15-14-11(2)20-22-16(14)19-10-18-15/h4-7,10H,3,8-9H2,1-2H3,(H,17,18,19). The van der Waals surface area contributed by atoms with E-state index in [0.717, 1.165) is 35.6 Å². The Labute approximate surface area is 128 Å². The summed E-state index contributed by atoms with van der Waals surface area (Å²) in [4.78, 5) is 8.33. The molecule has 0 spiro atoms. The summed E-state index contributed by atoms with van der Waals surface area (Å²) < 4.78 is 10.6. The van der Waals surface area contributed by atoms with Crippen LogP contribution < -0.4 is 10.1 Å². The van der Waals surface area contributed by atoms with Crippen LogP contribution in [0.1, 0.15) is 18.2 Å². The Morgan fingerprint density at radius 1 is 1.18 bits per heavy atom. The number of aromatic nitrogens is 3. The number of hydrogen-bond donors (Lipinski definition) is 1. The monoisotopic (exact) mass is 298 g/mol. The fraction of sp³-hybridized carbons (Fsp3) is 0.312. The van der Waals surface area contributed by atoms with Gasteiger partial charge < -0.3 is 14.6 Å². The van der Waals surface area contributed by atoms with Crippen molar-refractivity contribution in [3.63, 3.8) is 0 Å². The second-order valence-corrected chi connectivity index (χ2v) is 4.92. The number of fused-ring (bicyclic) bond motifs is 1. The lowest BCUT2D eigenvalue weighted by Gasteiger charge is -2.07. The van der Waals surface area contributed by atoms with Gasteiger partial charge in [0.05, 0.1) is 12.3 Å². The first-order valence-electron chi connectivity index (χ1n) is 7.30. The van der Waals surface area contributed by atoms with E-state index in [0.29, 0.717) is 12.3 Å². The maximum absolute atomic E-state index is 5.44. The van der Waals surface area contributed by atoms with Crippen molar-refractivity contribution in [2.45, 2.75) is 20.3 Å². The molecular formula is C16H18N4O2. The van der Waals surface area contributed by atoms with Crippen LogP contribution in [-0.4, -0.2) is 28.3 Å². The molecule has 0 aliphatic carbocycles. The van der Waals surface area contributed by atoms with Crippen molar-refractivity contribution in [2.75, 3.05) is 18.5 Å². The lowest BCUT2D eigenvalue weighted by atomic mass is 10.1. The number of anilines is 1. The molecule has 0 saturated carbocycles. The molecule has 0 aliphatic rings. The molecule has 3 rings (SSSR count). The van der Waals surface area contributed by atoms with Crippen molar-refractivity contribution in [3.8, 4) is 5.75 Å². The van der Waals surface area contributed by atoms with E-state index in [1.54, 1.807) is 0 Å². The molecule has 0 saturated heterocycles. The summed E-state index contributed by atoms with van der Waals surface area (Å²) in [5.41, 5.74) is 2.54. The molecule has 2 heterocycles. The van der Waals surface area contributed by atoms with E-state index in [9.17, 15) is 0 Å². The molecule has 0 atom stereocenters. The summed E-state index contributed by atoms with van der Waals surface area (Å²) in [6.45, 7) is 5.31. The van der Waals surface area contributed by atoms with Gasteiger partial charge in [0, 0.05) is 6.54 Å². The lowest BCUT2D eigenvalue weighted by molar-refractivity contribution is 0.340. The van der Waals surface area contributed by atoms with Crippen LogP contribution in [-0.2, 0) is 6.42 Å². The molecule has 0 fully saturated rings. The minimum atomic E-state index is 0.510. The van der Waals surface area contributed by atoms with Gasteiger partial charge in [-0.15, -0.1) is 0 Å². The third-order valence-corrected chi connectivity index (χ3v) is 3.38. The van der Waals surface area contributed by atoms with E-state index in [1.165, 1.54) is 11.9 Å². The average molecular weight is 298 g/mol. The summed E-state index contributed by atoms with van der Waals surface area (Å²) in [6.07, 6.45) is 2.37. The highest BCUT2D eigenvalue weighted by Crippen LogP contribution is 2.22.